The van der Waals surface area contributed by atoms with E-state index < -0.39 is 6.04 Å². The Bertz CT molecular complexity index is 1560. The van der Waals surface area contributed by atoms with Crippen molar-refractivity contribution < 1.29 is 19.1 Å². The number of allylic oxidation sites excluding steroid dienone is 1. The Morgan fingerprint density at radius 1 is 0.846 bits per heavy atom. The first kappa shape index (κ1) is 25.6. The number of aromatic nitrogens is 2. The van der Waals surface area contributed by atoms with Crippen molar-refractivity contribution in [2.45, 2.75) is 19.9 Å². The van der Waals surface area contributed by atoms with E-state index in [4.69, 9.17) is 9.47 Å². The van der Waals surface area contributed by atoms with Gasteiger partial charge in [0.2, 0.25) is 0 Å². The molecule has 0 saturated heterocycles. The molecular formula is C30H29N5O4. The van der Waals surface area contributed by atoms with Crippen LogP contribution in [0.5, 0.6) is 11.5 Å². The average molecular weight is 524 g/mol. The number of hydrogen-bond donors (Lipinski definition) is 3. The van der Waals surface area contributed by atoms with Crippen molar-refractivity contribution in [2.24, 2.45) is 0 Å². The van der Waals surface area contributed by atoms with E-state index in [0.29, 0.717) is 45.5 Å². The van der Waals surface area contributed by atoms with Gasteiger partial charge in [0.25, 0.3) is 11.8 Å². The third kappa shape index (κ3) is 5.06. The van der Waals surface area contributed by atoms with Gasteiger partial charge in [-0.2, -0.15) is 5.10 Å². The van der Waals surface area contributed by atoms with Crippen LogP contribution in [0.3, 0.4) is 0 Å². The number of benzene rings is 3. The molecule has 1 atom stereocenters. The molecule has 3 aromatic carbocycles. The quantitative estimate of drug-likeness (QED) is 0.300. The van der Waals surface area contributed by atoms with Crippen molar-refractivity contribution in [3.63, 3.8) is 0 Å². The van der Waals surface area contributed by atoms with E-state index in [1.165, 1.54) is 6.20 Å². The molecule has 9 nitrogen and oxygen atoms in total. The molecule has 0 saturated carbocycles. The van der Waals surface area contributed by atoms with Gasteiger partial charge in [-0.3, -0.25) is 9.59 Å². The maximum Gasteiger partial charge on any atom is 0.261 e. The minimum Gasteiger partial charge on any atom is -0.497 e. The standard InChI is InChI=1S/C30H29N5O4/c1-18-9-11-20(12-10-18)33-29(36)24-17-31-35-27(23-7-5-6-8-25(23)39-4)26(19(2)32-28(24)35)30(37)34-21-13-15-22(38-3)16-14-21/h5-17,27,32H,1-4H3,(H,33,36)(H,34,37)/t27-/m1/s1. The summed E-state index contributed by atoms with van der Waals surface area (Å²) in [5.41, 5.74) is 4.50. The lowest BCUT2D eigenvalue weighted by molar-refractivity contribution is -0.113. The van der Waals surface area contributed by atoms with Crippen molar-refractivity contribution in [3.05, 3.63) is 107 Å². The van der Waals surface area contributed by atoms with Gasteiger partial charge >= 0.3 is 0 Å². The molecule has 0 fully saturated rings. The van der Waals surface area contributed by atoms with E-state index in [2.05, 4.69) is 21.0 Å². The number of fused-ring (bicyclic) bond motifs is 1. The average Bonchev–Trinajstić information content (AvgIpc) is 3.37. The summed E-state index contributed by atoms with van der Waals surface area (Å²) in [5.74, 6) is 1.14. The molecule has 39 heavy (non-hydrogen) atoms. The second kappa shape index (κ2) is 10.7. The summed E-state index contributed by atoms with van der Waals surface area (Å²) in [7, 11) is 3.17. The molecule has 0 aliphatic carbocycles. The number of nitrogens with zero attached hydrogens (tertiary/aromatic N) is 2. The molecule has 1 aliphatic rings. The number of para-hydroxylation sites is 1. The molecule has 0 unspecified atom stereocenters. The van der Waals surface area contributed by atoms with Crippen LogP contribution in [0.15, 0.2) is 90.3 Å². The highest BCUT2D eigenvalue weighted by molar-refractivity contribution is 6.09. The highest BCUT2D eigenvalue weighted by atomic mass is 16.5. The highest BCUT2D eigenvalue weighted by Gasteiger charge is 2.36. The minimum absolute atomic E-state index is 0.312. The zero-order valence-electron chi connectivity index (χ0n) is 22.1. The Morgan fingerprint density at radius 2 is 1.49 bits per heavy atom. The molecule has 5 rings (SSSR count). The maximum atomic E-state index is 13.7. The summed E-state index contributed by atoms with van der Waals surface area (Å²) in [6, 6.07) is 21.5. The minimum atomic E-state index is -0.656. The normalized spacial score (nSPS) is 14.2. The fraction of sp³-hybridized carbons (Fsp3) is 0.167. The lowest BCUT2D eigenvalue weighted by Gasteiger charge is -2.31. The summed E-state index contributed by atoms with van der Waals surface area (Å²) in [6.07, 6.45) is 1.51. The van der Waals surface area contributed by atoms with Gasteiger partial charge in [-0.25, -0.2) is 4.68 Å². The number of amides is 2. The zero-order chi connectivity index (χ0) is 27.5. The Hall–Kier alpha value is -5.05. The number of ether oxygens (including phenoxy) is 2. The van der Waals surface area contributed by atoms with Crippen LogP contribution < -0.4 is 25.4 Å². The SMILES string of the molecule is COc1ccc(NC(=O)C2=C(C)Nc3c(C(=O)Nc4ccc(C)cc4)cnn3[C@@H]2c2ccccc2OC)cc1. The fourth-order valence-corrected chi connectivity index (χ4v) is 4.60. The van der Waals surface area contributed by atoms with E-state index >= 15 is 0 Å². The van der Waals surface area contributed by atoms with Crippen molar-refractivity contribution in [1.29, 1.82) is 0 Å². The van der Waals surface area contributed by atoms with Gasteiger partial charge in [0.15, 0.2) is 0 Å². The van der Waals surface area contributed by atoms with Crippen LogP contribution >= 0.6 is 0 Å². The predicted octanol–water partition coefficient (Wildman–Crippen LogP) is 5.39. The predicted molar refractivity (Wildman–Crippen MR) is 150 cm³/mol. The molecule has 198 valence electrons. The molecule has 0 spiro atoms. The molecule has 0 bridgehead atoms. The van der Waals surface area contributed by atoms with Gasteiger partial charge in [0.05, 0.1) is 26.0 Å². The van der Waals surface area contributed by atoms with Crippen molar-refractivity contribution >= 4 is 29.0 Å². The van der Waals surface area contributed by atoms with Gasteiger partial charge < -0.3 is 25.4 Å². The number of hydrogen-bond acceptors (Lipinski definition) is 6. The lowest BCUT2D eigenvalue weighted by atomic mass is 9.93. The molecule has 2 heterocycles. The first-order chi connectivity index (χ1) is 18.9. The third-order valence-electron chi connectivity index (χ3n) is 6.60. The monoisotopic (exact) mass is 523 g/mol. The van der Waals surface area contributed by atoms with Crippen LogP contribution in [0.25, 0.3) is 0 Å². The first-order valence-electron chi connectivity index (χ1n) is 12.4. The van der Waals surface area contributed by atoms with Crippen LogP contribution in [0.1, 0.15) is 34.5 Å². The van der Waals surface area contributed by atoms with Crippen LogP contribution in [0.4, 0.5) is 17.2 Å². The summed E-state index contributed by atoms with van der Waals surface area (Å²) in [4.78, 5) is 27.0. The number of carbonyl (C=O) groups is 2. The fourth-order valence-electron chi connectivity index (χ4n) is 4.60. The smallest absolute Gasteiger partial charge is 0.261 e. The molecular weight excluding hydrogens is 494 g/mol. The summed E-state index contributed by atoms with van der Waals surface area (Å²) >= 11 is 0. The summed E-state index contributed by atoms with van der Waals surface area (Å²) in [6.45, 7) is 3.79. The molecule has 3 N–H and O–H groups in total. The molecule has 0 radical (unpaired) electrons. The Balaban J connectivity index is 1.54. The number of carbonyl (C=O) groups excluding carboxylic acids is 2. The van der Waals surface area contributed by atoms with Crippen LogP contribution in [-0.4, -0.2) is 35.8 Å². The summed E-state index contributed by atoms with van der Waals surface area (Å²) < 4.78 is 12.5. The lowest BCUT2D eigenvalue weighted by Crippen LogP contribution is -2.32. The zero-order valence-corrected chi connectivity index (χ0v) is 22.1. The van der Waals surface area contributed by atoms with Crippen molar-refractivity contribution in [2.75, 3.05) is 30.2 Å². The second-order valence-electron chi connectivity index (χ2n) is 9.16. The Labute approximate surface area is 226 Å². The van der Waals surface area contributed by atoms with Crippen molar-refractivity contribution in [3.8, 4) is 11.5 Å². The van der Waals surface area contributed by atoms with Crippen LogP contribution in [0, 0.1) is 6.92 Å². The molecule has 2 amide bonds. The topological polar surface area (TPSA) is 107 Å². The molecule has 9 heteroatoms. The van der Waals surface area contributed by atoms with E-state index in [1.54, 1.807) is 43.2 Å². The largest absolute Gasteiger partial charge is 0.497 e. The molecule has 4 aromatic rings. The van der Waals surface area contributed by atoms with Gasteiger partial charge in [0, 0.05) is 22.6 Å². The number of rotatable bonds is 7. The van der Waals surface area contributed by atoms with E-state index in [0.717, 1.165) is 11.1 Å². The van der Waals surface area contributed by atoms with Gasteiger partial charge in [-0.05, 0) is 56.3 Å². The van der Waals surface area contributed by atoms with Gasteiger partial charge in [-0.15, -0.1) is 0 Å². The first-order valence-corrected chi connectivity index (χ1v) is 12.4. The molecule has 1 aromatic heterocycles. The van der Waals surface area contributed by atoms with Crippen LogP contribution in [-0.2, 0) is 4.79 Å². The number of methoxy groups -OCH3 is 2. The van der Waals surface area contributed by atoms with Gasteiger partial charge in [-0.1, -0.05) is 35.9 Å². The number of aryl methyl sites for hydroxylation is 1. The van der Waals surface area contributed by atoms with E-state index in [-0.39, 0.29) is 11.8 Å². The number of anilines is 3. The molecule has 1 aliphatic heterocycles. The Kier molecular flexibility index (Phi) is 7.05. The van der Waals surface area contributed by atoms with E-state index in [1.807, 2.05) is 62.4 Å². The second-order valence-corrected chi connectivity index (χ2v) is 9.16. The van der Waals surface area contributed by atoms with Crippen LogP contribution in [0.2, 0.25) is 0 Å². The Morgan fingerprint density at radius 3 is 2.15 bits per heavy atom. The third-order valence-corrected chi connectivity index (χ3v) is 6.60. The summed E-state index contributed by atoms with van der Waals surface area (Å²) in [5, 5.41) is 13.7. The number of nitrogens with one attached hydrogen (secondary N) is 3. The van der Waals surface area contributed by atoms with E-state index in [9.17, 15) is 9.59 Å². The van der Waals surface area contributed by atoms with Gasteiger partial charge in [0.1, 0.15) is 28.9 Å². The van der Waals surface area contributed by atoms with Crippen molar-refractivity contribution in [1.82, 2.24) is 9.78 Å². The highest BCUT2D eigenvalue weighted by Crippen LogP contribution is 2.41. The maximum absolute atomic E-state index is 13.7.